The molecular weight excluding hydrogens is 758 g/mol. The quantitative estimate of drug-likeness (QED) is 0.134. The second-order valence-electron chi connectivity index (χ2n) is 18.0. The first-order chi connectivity index (χ1) is 30.1. The van der Waals surface area contributed by atoms with E-state index in [1.165, 1.54) is 38.9 Å². The van der Waals surface area contributed by atoms with E-state index in [4.69, 9.17) is 5.73 Å². The minimum atomic E-state index is -0.278. The first kappa shape index (κ1) is 36.4. The Labute approximate surface area is 361 Å². The summed E-state index contributed by atoms with van der Waals surface area (Å²) in [5, 5.41) is 6.71. The fourth-order valence-electron chi connectivity index (χ4n) is 11.1. The Morgan fingerprint density at radius 2 is 0.774 bits per heavy atom. The predicted molar refractivity (Wildman–Crippen MR) is 259 cm³/mol. The lowest BCUT2D eigenvalue weighted by atomic mass is 9.82. The van der Waals surface area contributed by atoms with Gasteiger partial charge in [-0.05, 0) is 103 Å². The van der Waals surface area contributed by atoms with Gasteiger partial charge in [0.1, 0.15) is 5.82 Å². The standard InChI is InChI=1S/C58H44FN3/c1-57(2)41-17-7-5-15-37(41)55-43(57)19-13-25-51(55)61(49-23-11-9-21-45(49)59)47-33-29-35-28-32-40-48(34-30-36-27-31-39(47)53(35)54(36)40)62(50-24-12-10-22-46(50)60)52-26-14-20-44-56(52)38-16-6-8-18-42(38)58(44,3)4/h5-34H,60H2,1-4H3. The minimum absolute atomic E-state index is 0.171. The van der Waals surface area contributed by atoms with Crippen molar-refractivity contribution in [3.63, 3.8) is 0 Å². The van der Waals surface area contributed by atoms with Crippen molar-refractivity contribution in [1.82, 2.24) is 0 Å². The Balaban J connectivity index is 1.14. The number of para-hydroxylation sites is 3. The molecule has 62 heavy (non-hydrogen) atoms. The number of benzene rings is 10. The SMILES string of the molecule is CC1(C)c2ccccc2-c2c(N(c3ccccc3N)c3ccc4ccc5c(N(c6ccccc6F)c6cccc7c6-c6ccccc6C7(C)C)ccc6ccc3c4c65)cccc21. The number of anilines is 7. The van der Waals surface area contributed by atoms with Crippen molar-refractivity contribution in [2.75, 3.05) is 15.5 Å². The van der Waals surface area contributed by atoms with E-state index in [9.17, 15) is 0 Å². The third-order valence-electron chi connectivity index (χ3n) is 14.0. The molecule has 0 saturated carbocycles. The second kappa shape index (κ2) is 13.0. The smallest absolute Gasteiger partial charge is 0.147 e. The van der Waals surface area contributed by atoms with Crippen molar-refractivity contribution in [3.05, 3.63) is 210 Å². The first-order valence-electron chi connectivity index (χ1n) is 21.5. The zero-order valence-electron chi connectivity index (χ0n) is 35.2. The van der Waals surface area contributed by atoms with E-state index in [1.807, 2.05) is 24.3 Å². The Morgan fingerprint density at radius 3 is 1.29 bits per heavy atom. The van der Waals surface area contributed by atoms with Gasteiger partial charge in [0.25, 0.3) is 0 Å². The largest absolute Gasteiger partial charge is 0.397 e. The van der Waals surface area contributed by atoms with Crippen LogP contribution in [0.25, 0.3) is 54.6 Å². The molecule has 2 aliphatic rings. The van der Waals surface area contributed by atoms with Crippen molar-refractivity contribution in [2.45, 2.75) is 38.5 Å². The Kier molecular flexibility index (Phi) is 7.66. The molecule has 0 fully saturated rings. The zero-order valence-corrected chi connectivity index (χ0v) is 35.2. The van der Waals surface area contributed by atoms with Gasteiger partial charge in [-0.25, -0.2) is 4.39 Å². The second-order valence-corrected chi connectivity index (χ2v) is 18.0. The molecule has 0 saturated heterocycles. The molecule has 0 spiro atoms. The van der Waals surface area contributed by atoms with Crippen LogP contribution >= 0.6 is 0 Å². The van der Waals surface area contributed by atoms with Crippen molar-refractivity contribution in [3.8, 4) is 22.3 Å². The summed E-state index contributed by atoms with van der Waals surface area (Å²) in [6.45, 7) is 9.23. The molecule has 0 aliphatic heterocycles. The molecule has 0 aromatic heterocycles. The maximum Gasteiger partial charge on any atom is 0.147 e. The molecule has 2 aliphatic carbocycles. The Hall–Kier alpha value is -7.43. The van der Waals surface area contributed by atoms with Crippen LogP contribution in [0.3, 0.4) is 0 Å². The highest BCUT2D eigenvalue weighted by atomic mass is 19.1. The molecule has 10 aromatic rings. The summed E-state index contributed by atoms with van der Waals surface area (Å²) in [6, 6.07) is 63.9. The van der Waals surface area contributed by atoms with Crippen LogP contribution in [0.5, 0.6) is 0 Å². The fraction of sp³-hybridized carbons (Fsp3) is 0.103. The van der Waals surface area contributed by atoms with E-state index in [-0.39, 0.29) is 16.6 Å². The van der Waals surface area contributed by atoms with Gasteiger partial charge < -0.3 is 15.5 Å². The van der Waals surface area contributed by atoms with Gasteiger partial charge in [0.15, 0.2) is 0 Å². The summed E-state index contributed by atoms with van der Waals surface area (Å²) in [4.78, 5) is 4.53. The molecule has 0 atom stereocenters. The average molecular weight is 802 g/mol. The third-order valence-corrected chi connectivity index (χ3v) is 14.0. The Bertz CT molecular complexity index is 3240. The van der Waals surface area contributed by atoms with Crippen LogP contribution in [-0.2, 0) is 10.8 Å². The summed E-state index contributed by atoms with van der Waals surface area (Å²) in [7, 11) is 0. The Morgan fingerprint density at radius 1 is 0.371 bits per heavy atom. The van der Waals surface area contributed by atoms with Gasteiger partial charge in [-0.2, -0.15) is 0 Å². The molecule has 0 heterocycles. The fourth-order valence-corrected chi connectivity index (χ4v) is 11.1. The number of rotatable bonds is 6. The van der Waals surface area contributed by atoms with Gasteiger partial charge in [-0.1, -0.05) is 161 Å². The lowest BCUT2D eigenvalue weighted by Crippen LogP contribution is -2.17. The van der Waals surface area contributed by atoms with Gasteiger partial charge in [0.2, 0.25) is 0 Å². The molecule has 3 nitrogen and oxygen atoms in total. The first-order valence-corrected chi connectivity index (χ1v) is 21.5. The lowest BCUT2D eigenvalue weighted by Gasteiger charge is -2.32. The van der Waals surface area contributed by atoms with Crippen molar-refractivity contribution < 1.29 is 4.39 Å². The average Bonchev–Trinajstić information content (AvgIpc) is 3.68. The number of nitrogens with two attached hydrogens (primary N) is 1. The monoisotopic (exact) mass is 801 g/mol. The summed E-state index contributed by atoms with van der Waals surface area (Å²) in [5.74, 6) is -0.278. The van der Waals surface area contributed by atoms with Gasteiger partial charge in [-0.15, -0.1) is 0 Å². The minimum Gasteiger partial charge on any atom is -0.397 e. The van der Waals surface area contributed by atoms with E-state index in [1.54, 1.807) is 12.1 Å². The molecule has 0 unspecified atom stereocenters. The normalized spacial score (nSPS) is 14.2. The van der Waals surface area contributed by atoms with Crippen molar-refractivity contribution >= 4 is 72.1 Å². The van der Waals surface area contributed by atoms with E-state index < -0.39 is 0 Å². The third kappa shape index (κ3) is 4.92. The number of hydrogen-bond donors (Lipinski definition) is 1. The number of halogens is 1. The van der Waals surface area contributed by atoms with Crippen molar-refractivity contribution in [1.29, 1.82) is 0 Å². The van der Waals surface area contributed by atoms with Crippen LogP contribution in [0.1, 0.15) is 49.9 Å². The number of hydrogen-bond acceptors (Lipinski definition) is 3. The zero-order chi connectivity index (χ0) is 42.1. The maximum atomic E-state index is 16.5. The number of nitrogen functional groups attached to an aromatic ring is 1. The van der Waals surface area contributed by atoms with Crippen molar-refractivity contribution in [2.24, 2.45) is 0 Å². The molecule has 0 radical (unpaired) electrons. The van der Waals surface area contributed by atoms with E-state index in [0.29, 0.717) is 11.4 Å². The molecule has 0 bridgehead atoms. The molecule has 298 valence electrons. The maximum absolute atomic E-state index is 16.5. The van der Waals surface area contributed by atoms with E-state index in [0.717, 1.165) is 66.3 Å². The van der Waals surface area contributed by atoms with Crippen LogP contribution in [0.15, 0.2) is 182 Å². The lowest BCUT2D eigenvalue weighted by molar-refractivity contribution is 0.629. The van der Waals surface area contributed by atoms with Gasteiger partial charge in [0, 0.05) is 32.7 Å². The highest BCUT2D eigenvalue weighted by Crippen LogP contribution is 2.58. The van der Waals surface area contributed by atoms with Gasteiger partial charge >= 0.3 is 0 Å². The van der Waals surface area contributed by atoms with Crippen LogP contribution in [0.4, 0.5) is 44.2 Å². The van der Waals surface area contributed by atoms with E-state index in [2.05, 4.69) is 183 Å². The molecule has 0 amide bonds. The van der Waals surface area contributed by atoms with Crippen LogP contribution in [-0.4, -0.2) is 0 Å². The van der Waals surface area contributed by atoms with Crippen LogP contribution in [0.2, 0.25) is 0 Å². The topological polar surface area (TPSA) is 32.5 Å². The molecule has 10 aromatic carbocycles. The van der Waals surface area contributed by atoms with Gasteiger partial charge in [-0.3, -0.25) is 0 Å². The molecule has 4 heteroatoms. The van der Waals surface area contributed by atoms with Crippen LogP contribution in [0, 0.1) is 5.82 Å². The summed E-state index contributed by atoms with van der Waals surface area (Å²) in [6.07, 6.45) is 0. The molecule has 2 N–H and O–H groups in total. The molecule has 12 rings (SSSR count). The summed E-state index contributed by atoms with van der Waals surface area (Å²) < 4.78 is 16.5. The summed E-state index contributed by atoms with van der Waals surface area (Å²) in [5.41, 5.74) is 22.6. The predicted octanol–water partition coefficient (Wildman–Crippen LogP) is 15.9. The highest BCUT2D eigenvalue weighted by Gasteiger charge is 2.40. The van der Waals surface area contributed by atoms with E-state index >= 15 is 4.39 Å². The highest BCUT2D eigenvalue weighted by molar-refractivity contribution is 6.28. The molecular formula is C58H44FN3. The van der Waals surface area contributed by atoms with Crippen LogP contribution < -0.4 is 15.5 Å². The number of nitrogens with zero attached hydrogens (tertiary/aromatic N) is 2. The van der Waals surface area contributed by atoms with Gasteiger partial charge in [0.05, 0.1) is 39.8 Å². The number of fused-ring (bicyclic) bond motifs is 6. The summed E-state index contributed by atoms with van der Waals surface area (Å²) >= 11 is 0.